The molecule has 18 heavy (non-hydrogen) atoms. The highest BCUT2D eigenvalue weighted by Gasteiger charge is 2.68. The van der Waals surface area contributed by atoms with Crippen LogP contribution >= 0.6 is 15.9 Å². The molecule has 2 rings (SSSR count). The van der Waals surface area contributed by atoms with Crippen LogP contribution in [0.3, 0.4) is 0 Å². The quantitative estimate of drug-likeness (QED) is 0.870. The van der Waals surface area contributed by atoms with Crippen molar-refractivity contribution in [2.75, 3.05) is 5.32 Å². The van der Waals surface area contributed by atoms with E-state index in [-0.39, 0.29) is 28.3 Å². The first-order valence-electron chi connectivity index (χ1n) is 5.94. The molecule has 2 nitrogen and oxygen atoms in total. The first-order chi connectivity index (χ1) is 8.18. The Balaban J connectivity index is 2.14. The van der Waals surface area contributed by atoms with E-state index in [0.29, 0.717) is 4.47 Å². The predicted molar refractivity (Wildman–Crippen MR) is 73.8 cm³/mol. The first-order valence-corrected chi connectivity index (χ1v) is 6.73. The molecule has 1 aliphatic carbocycles. The molecule has 0 bridgehead atoms. The highest BCUT2D eigenvalue weighted by molar-refractivity contribution is 9.10. The Kier molecular flexibility index (Phi) is 3.05. The second-order valence-electron chi connectivity index (χ2n) is 5.99. The normalized spacial score (nSPS) is 20.6. The maximum Gasteiger partial charge on any atom is 0.228 e. The van der Waals surface area contributed by atoms with Crippen LogP contribution in [0.1, 0.15) is 27.7 Å². The molecular weight excluding hydrogens is 297 g/mol. The van der Waals surface area contributed by atoms with Gasteiger partial charge in [0.1, 0.15) is 5.82 Å². The summed E-state index contributed by atoms with van der Waals surface area (Å²) in [7, 11) is 0. The van der Waals surface area contributed by atoms with Crippen LogP contribution in [0.5, 0.6) is 0 Å². The molecule has 0 saturated heterocycles. The second-order valence-corrected chi connectivity index (χ2v) is 6.91. The molecule has 1 aromatic rings. The SMILES string of the molecule is CC1(C)C(C(=O)Nc2ccc(Br)cc2F)C1(C)C. The van der Waals surface area contributed by atoms with E-state index in [0.717, 1.165) is 0 Å². The summed E-state index contributed by atoms with van der Waals surface area (Å²) in [6.45, 7) is 8.26. The minimum absolute atomic E-state index is 0.0388. The number of hydrogen-bond acceptors (Lipinski definition) is 1. The summed E-state index contributed by atoms with van der Waals surface area (Å²) in [5, 5.41) is 2.68. The molecule has 1 saturated carbocycles. The lowest BCUT2D eigenvalue weighted by molar-refractivity contribution is -0.118. The zero-order chi connectivity index (χ0) is 13.7. The van der Waals surface area contributed by atoms with Gasteiger partial charge in [-0.2, -0.15) is 0 Å². The van der Waals surface area contributed by atoms with Crippen molar-refractivity contribution < 1.29 is 9.18 Å². The number of nitrogens with one attached hydrogen (secondary N) is 1. The van der Waals surface area contributed by atoms with Crippen LogP contribution in [-0.2, 0) is 4.79 Å². The molecule has 0 unspecified atom stereocenters. The summed E-state index contributed by atoms with van der Waals surface area (Å²) in [6, 6.07) is 4.63. The molecule has 1 amide bonds. The van der Waals surface area contributed by atoms with Crippen molar-refractivity contribution in [1.29, 1.82) is 0 Å². The third-order valence-electron chi connectivity index (χ3n) is 4.47. The van der Waals surface area contributed by atoms with Gasteiger partial charge in [0.2, 0.25) is 5.91 Å². The summed E-state index contributed by atoms with van der Waals surface area (Å²) in [4.78, 5) is 12.2. The van der Waals surface area contributed by atoms with Crippen molar-refractivity contribution >= 4 is 27.5 Å². The van der Waals surface area contributed by atoms with Gasteiger partial charge < -0.3 is 5.32 Å². The van der Waals surface area contributed by atoms with Crippen LogP contribution in [0.15, 0.2) is 22.7 Å². The Morgan fingerprint density at radius 3 is 2.28 bits per heavy atom. The topological polar surface area (TPSA) is 29.1 Å². The molecule has 98 valence electrons. The maximum absolute atomic E-state index is 13.6. The van der Waals surface area contributed by atoms with Crippen LogP contribution in [0, 0.1) is 22.6 Å². The predicted octanol–water partition coefficient (Wildman–Crippen LogP) is 4.21. The van der Waals surface area contributed by atoms with Gasteiger partial charge in [0.15, 0.2) is 0 Å². The molecule has 1 aromatic carbocycles. The van der Waals surface area contributed by atoms with Crippen molar-refractivity contribution in [1.82, 2.24) is 0 Å². The zero-order valence-electron chi connectivity index (χ0n) is 11.0. The fraction of sp³-hybridized carbons (Fsp3) is 0.500. The summed E-state index contributed by atoms with van der Waals surface area (Å²) >= 11 is 3.19. The van der Waals surface area contributed by atoms with Gasteiger partial charge in [0, 0.05) is 10.4 Å². The number of anilines is 1. The van der Waals surface area contributed by atoms with E-state index in [1.807, 2.05) is 0 Å². The van der Waals surface area contributed by atoms with Gasteiger partial charge in [0.25, 0.3) is 0 Å². The number of hydrogen-bond donors (Lipinski definition) is 1. The zero-order valence-corrected chi connectivity index (χ0v) is 12.6. The minimum Gasteiger partial charge on any atom is -0.323 e. The van der Waals surface area contributed by atoms with Crippen LogP contribution < -0.4 is 5.32 Å². The monoisotopic (exact) mass is 313 g/mol. The molecule has 1 fully saturated rings. The van der Waals surface area contributed by atoms with Crippen LogP contribution in [0.4, 0.5) is 10.1 Å². The maximum atomic E-state index is 13.6. The van der Waals surface area contributed by atoms with Gasteiger partial charge in [-0.05, 0) is 29.0 Å². The summed E-state index contributed by atoms with van der Waals surface area (Å²) in [5.74, 6) is -0.603. The lowest BCUT2D eigenvalue weighted by Crippen LogP contribution is -2.18. The van der Waals surface area contributed by atoms with Gasteiger partial charge in [-0.1, -0.05) is 43.6 Å². The summed E-state index contributed by atoms with van der Waals surface area (Å²) in [6.07, 6.45) is 0. The lowest BCUT2D eigenvalue weighted by atomic mass is 10.0. The molecular formula is C14H17BrFNO. The third-order valence-corrected chi connectivity index (χ3v) is 4.97. The van der Waals surface area contributed by atoms with Crippen molar-refractivity contribution in [2.45, 2.75) is 27.7 Å². The van der Waals surface area contributed by atoms with E-state index in [4.69, 9.17) is 0 Å². The number of carbonyl (C=O) groups excluding carboxylic acids is 1. The average molecular weight is 314 g/mol. The Morgan fingerprint density at radius 2 is 1.83 bits per heavy atom. The lowest BCUT2D eigenvalue weighted by Gasteiger charge is -2.07. The molecule has 0 aliphatic heterocycles. The highest BCUT2D eigenvalue weighted by Crippen LogP contribution is 2.68. The van der Waals surface area contributed by atoms with E-state index in [2.05, 4.69) is 48.9 Å². The van der Waals surface area contributed by atoms with Gasteiger partial charge >= 0.3 is 0 Å². The standard InChI is InChI=1S/C14H17BrFNO/c1-13(2)11(14(13,3)4)12(18)17-10-6-5-8(15)7-9(10)16/h5-7,11H,1-4H3,(H,17,18). The van der Waals surface area contributed by atoms with Gasteiger partial charge in [0.05, 0.1) is 5.69 Å². The second kappa shape index (κ2) is 4.05. The van der Waals surface area contributed by atoms with Crippen molar-refractivity contribution in [2.24, 2.45) is 16.7 Å². The van der Waals surface area contributed by atoms with E-state index < -0.39 is 5.82 Å². The van der Waals surface area contributed by atoms with Gasteiger partial charge in [-0.3, -0.25) is 4.79 Å². The Hall–Kier alpha value is -0.900. The van der Waals surface area contributed by atoms with E-state index in [1.54, 1.807) is 12.1 Å². The molecule has 0 atom stereocenters. The number of rotatable bonds is 2. The summed E-state index contributed by atoms with van der Waals surface area (Å²) < 4.78 is 14.3. The van der Waals surface area contributed by atoms with Crippen LogP contribution in [-0.4, -0.2) is 5.91 Å². The first kappa shape index (κ1) is 13.5. The summed E-state index contributed by atoms with van der Waals surface area (Å²) in [5.41, 5.74) is 0.160. The van der Waals surface area contributed by atoms with E-state index in [9.17, 15) is 9.18 Å². The molecule has 1 aliphatic rings. The van der Waals surface area contributed by atoms with Crippen LogP contribution in [0.2, 0.25) is 0 Å². The molecule has 0 spiro atoms. The van der Waals surface area contributed by atoms with Crippen molar-refractivity contribution in [3.63, 3.8) is 0 Å². The fourth-order valence-corrected chi connectivity index (χ4v) is 2.98. The Morgan fingerprint density at radius 1 is 1.28 bits per heavy atom. The van der Waals surface area contributed by atoms with Crippen LogP contribution in [0.25, 0.3) is 0 Å². The smallest absolute Gasteiger partial charge is 0.228 e. The number of halogens is 2. The average Bonchev–Trinajstić information content (AvgIpc) is 2.62. The third kappa shape index (κ3) is 1.96. The highest BCUT2D eigenvalue weighted by atomic mass is 79.9. The van der Waals surface area contributed by atoms with E-state index in [1.165, 1.54) is 6.07 Å². The Bertz CT molecular complexity index is 497. The fourth-order valence-electron chi connectivity index (χ4n) is 2.65. The van der Waals surface area contributed by atoms with E-state index >= 15 is 0 Å². The number of benzene rings is 1. The molecule has 0 radical (unpaired) electrons. The number of amides is 1. The molecule has 0 heterocycles. The largest absolute Gasteiger partial charge is 0.323 e. The Labute approximate surface area is 115 Å². The van der Waals surface area contributed by atoms with Gasteiger partial charge in [-0.15, -0.1) is 0 Å². The van der Waals surface area contributed by atoms with Gasteiger partial charge in [-0.25, -0.2) is 4.39 Å². The molecule has 1 N–H and O–H groups in total. The van der Waals surface area contributed by atoms with Crippen molar-refractivity contribution in [3.05, 3.63) is 28.5 Å². The molecule has 0 aromatic heterocycles. The molecule has 4 heteroatoms. The number of carbonyl (C=O) groups is 1. The van der Waals surface area contributed by atoms with Crippen molar-refractivity contribution in [3.8, 4) is 0 Å². The minimum atomic E-state index is -0.422.